The minimum atomic E-state index is -1.44. The molecule has 5 rings (SSSR count). The van der Waals surface area contributed by atoms with Crippen molar-refractivity contribution in [2.45, 2.75) is 97.2 Å². The molecule has 3 aliphatic carbocycles. The lowest BCUT2D eigenvalue weighted by molar-refractivity contribution is -0.168. The second-order valence-electron chi connectivity index (χ2n) is 14.3. The maximum Gasteiger partial charge on any atom is 0.338 e. The molecular formula is C40H46O9. The zero-order valence-electron chi connectivity index (χ0n) is 29.1. The number of hydrogen-bond donors (Lipinski definition) is 1. The quantitative estimate of drug-likeness (QED) is 0.144. The molecule has 2 fully saturated rings. The lowest BCUT2D eigenvalue weighted by Crippen LogP contribution is -2.52. The number of rotatable bonds is 8. The highest BCUT2D eigenvalue weighted by Crippen LogP contribution is 2.65. The monoisotopic (exact) mass is 670 g/mol. The Kier molecular flexibility index (Phi) is 10.1. The summed E-state index contributed by atoms with van der Waals surface area (Å²) in [6.45, 7) is 14.3. The molecule has 3 aliphatic rings. The normalized spacial score (nSPS) is 29.8. The lowest BCUT2D eigenvalue weighted by Gasteiger charge is -2.50. The molecule has 260 valence electrons. The molecule has 0 spiro atoms. The van der Waals surface area contributed by atoms with E-state index in [2.05, 4.69) is 6.58 Å². The molecule has 9 heteroatoms. The number of benzene rings is 2. The third kappa shape index (κ3) is 6.99. The van der Waals surface area contributed by atoms with E-state index in [9.17, 15) is 24.3 Å². The molecule has 2 aromatic rings. The summed E-state index contributed by atoms with van der Waals surface area (Å²) in [6, 6.07) is 17.9. The van der Waals surface area contributed by atoms with E-state index in [-0.39, 0.29) is 12.8 Å². The first kappa shape index (κ1) is 35.8. The van der Waals surface area contributed by atoms with E-state index in [1.807, 2.05) is 37.3 Å². The average molecular weight is 671 g/mol. The molecule has 0 bridgehead atoms. The maximum atomic E-state index is 13.8. The van der Waals surface area contributed by atoms with Crippen molar-refractivity contribution < 1.29 is 43.2 Å². The van der Waals surface area contributed by atoms with Crippen molar-refractivity contribution in [3.8, 4) is 0 Å². The Morgan fingerprint density at radius 2 is 1.49 bits per heavy atom. The Balaban J connectivity index is 1.62. The highest BCUT2D eigenvalue weighted by atomic mass is 16.6. The topological polar surface area (TPSA) is 125 Å². The van der Waals surface area contributed by atoms with Gasteiger partial charge >= 0.3 is 23.9 Å². The molecular weight excluding hydrogens is 624 g/mol. The number of fused-ring (bicyclic) bond motifs is 2. The standard InChI is InChI=1S/C40H46O9/c1-24-30-22-40(38(5,6)45)23-32(46-26(3)41)25(2)34(40)35(49-37(44)29-16-12-9-13-17-29)36(47-27(4)42)39(30,7)21-20-31(24)48-33(43)19-18-28-14-10-8-11-15-28/h8-19,30-32,35-36,45H,1,20-23H2,2-7H3/b19-18+/t30-,31+,32+,35-,36+,39-,40-/m1/s1. The van der Waals surface area contributed by atoms with Crippen LogP contribution in [-0.4, -0.2) is 59.0 Å². The van der Waals surface area contributed by atoms with Crippen molar-refractivity contribution in [3.05, 3.63) is 101 Å². The first-order valence-electron chi connectivity index (χ1n) is 16.7. The molecule has 0 unspecified atom stereocenters. The van der Waals surface area contributed by atoms with E-state index < -0.39 is 70.6 Å². The van der Waals surface area contributed by atoms with E-state index in [1.54, 1.807) is 57.2 Å². The first-order chi connectivity index (χ1) is 23.1. The SMILES string of the molecule is C=C1[C@@H](OC(=O)/C=C/c2ccccc2)CC[C@]2(C)[C@@H]1C[C@@]1(C(C)(C)O)C[C@H](OC(C)=O)C(C)=C1[C@@H](OC(=O)c1ccccc1)[C@@H]2OC(C)=O. The van der Waals surface area contributed by atoms with E-state index in [0.717, 1.165) is 5.56 Å². The summed E-state index contributed by atoms with van der Waals surface area (Å²) in [6.07, 6.45) is 0.815. The van der Waals surface area contributed by atoms with Crippen LogP contribution in [0.2, 0.25) is 0 Å². The Morgan fingerprint density at radius 3 is 2.08 bits per heavy atom. The van der Waals surface area contributed by atoms with Crippen LogP contribution in [0.5, 0.6) is 0 Å². The number of hydrogen-bond acceptors (Lipinski definition) is 9. The van der Waals surface area contributed by atoms with Crippen molar-refractivity contribution in [2.24, 2.45) is 16.7 Å². The fraction of sp³-hybridized carbons (Fsp3) is 0.450. The van der Waals surface area contributed by atoms with Crippen LogP contribution >= 0.6 is 0 Å². The molecule has 49 heavy (non-hydrogen) atoms. The van der Waals surface area contributed by atoms with Crippen LogP contribution in [-0.2, 0) is 33.3 Å². The van der Waals surface area contributed by atoms with Gasteiger partial charge in [0.15, 0.2) is 6.10 Å². The molecule has 1 N–H and O–H groups in total. The minimum absolute atomic E-state index is 0.202. The second-order valence-corrected chi connectivity index (χ2v) is 14.3. The molecule has 9 nitrogen and oxygen atoms in total. The Labute approximate surface area is 288 Å². The van der Waals surface area contributed by atoms with Gasteiger partial charge in [0.1, 0.15) is 18.3 Å². The van der Waals surface area contributed by atoms with Gasteiger partial charge in [-0.2, -0.15) is 0 Å². The van der Waals surface area contributed by atoms with Gasteiger partial charge in [-0.1, -0.05) is 62.0 Å². The molecule has 0 saturated heterocycles. The van der Waals surface area contributed by atoms with Crippen molar-refractivity contribution in [3.63, 3.8) is 0 Å². The molecule has 7 atom stereocenters. The van der Waals surface area contributed by atoms with Gasteiger partial charge in [-0.05, 0) is 86.4 Å². The van der Waals surface area contributed by atoms with Gasteiger partial charge in [0.2, 0.25) is 0 Å². The number of aliphatic hydroxyl groups is 1. The summed E-state index contributed by atoms with van der Waals surface area (Å²) in [4.78, 5) is 52.1. The van der Waals surface area contributed by atoms with Gasteiger partial charge in [-0.25, -0.2) is 9.59 Å². The molecule has 0 heterocycles. The third-order valence-electron chi connectivity index (χ3n) is 10.8. The van der Waals surface area contributed by atoms with Crippen LogP contribution in [0.3, 0.4) is 0 Å². The zero-order valence-corrected chi connectivity index (χ0v) is 29.1. The van der Waals surface area contributed by atoms with Crippen LogP contribution in [0, 0.1) is 16.7 Å². The number of carbonyl (C=O) groups excluding carboxylic acids is 4. The number of carbonyl (C=O) groups is 4. The average Bonchev–Trinajstić information content (AvgIpc) is 3.28. The number of esters is 4. The number of ether oxygens (including phenoxy) is 4. The first-order valence-corrected chi connectivity index (χ1v) is 16.7. The van der Waals surface area contributed by atoms with E-state index in [4.69, 9.17) is 18.9 Å². The molecule has 0 amide bonds. The highest BCUT2D eigenvalue weighted by Gasteiger charge is 2.66. The van der Waals surface area contributed by atoms with Gasteiger partial charge in [0, 0.05) is 37.2 Å². The van der Waals surface area contributed by atoms with Crippen LogP contribution in [0.4, 0.5) is 0 Å². The molecule has 0 radical (unpaired) electrons. The van der Waals surface area contributed by atoms with Crippen LogP contribution < -0.4 is 0 Å². The summed E-state index contributed by atoms with van der Waals surface area (Å²) in [5.41, 5.74) is -0.471. The fourth-order valence-electron chi connectivity index (χ4n) is 8.28. The Morgan fingerprint density at radius 1 is 0.878 bits per heavy atom. The largest absolute Gasteiger partial charge is 0.458 e. The molecule has 2 aromatic carbocycles. The van der Waals surface area contributed by atoms with Crippen molar-refractivity contribution in [1.82, 2.24) is 0 Å². The Bertz CT molecular complexity index is 1670. The van der Waals surface area contributed by atoms with Crippen molar-refractivity contribution in [1.29, 1.82) is 0 Å². The van der Waals surface area contributed by atoms with Crippen LogP contribution in [0.1, 0.15) is 83.1 Å². The molecule has 0 aromatic heterocycles. The van der Waals surface area contributed by atoms with Gasteiger partial charge in [-0.15, -0.1) is 0 Å². The second kappa shape index (κ2) is 13.8. The predicted octanol–water partition coefficient (Wildman–Crippen LogP) is 6.55. The van der Waals surface area contributed by atoms with E-state index in [1.165, 1.54) is 19.9 Å². The van der Waals surface area contributed by atoms with Crippen LogP contribution in [0.25, 0.3) is 6.08 Å². The summed E-state index contributed by atoms with van der Waals surface area (Å²) in [5.74, 6) is -2.70. The molecule has 0 aliphatic heterocycles. The Hall–Kier alpha value is -4.50. The van der Waals surface area contributed by atoms with Crippen molar-refractivity contribution >= 4 is 30.0 Å². The minimum Gasteiger partial charge on any atom is -0.458 e. The smallest absolute Gasteiger partial charge is 0.338 e. The molecule has 2 saturated carbocycles. The van der Waals surface area contributed by atoms with E-state index >= 15 is 0 Å². The van der Waals surface area contributed by atoms with Gasteiger partial charge < -0.3 is 24.1 Å². The summed E-state index contributed by atoms with van der Waals surface area (Å²) in [7, 11) is 0. The summed E-state index contributed by atoms with van der Waals surface area (Å²) >= 11 is 0. The van der Waals surface area contributed by atoms with Gasteiger partial charge in [0.25, 0.3) is 0 Å². The fourth-order valence-corrected chi connectivity index (χ4v) is 8.28. The predicted molar refractivity (Wildman–Crippen MR) is 183 cm³/mol. The summed E-state index contributed by atoms with van der Waals surface area (Å²) < 4.78 is 24.4. The van der Waals surface area contributed by atoms with Crippen molar-refractivity contribution in [2.75, 3.05) is 0 Å². The lowest BCUT2D eigenvalue weighted by atomic mass is 9.57. The van der Waals surface area contributed by atoms with Gasteiger partial charge in [-0.3, -0.25) is 9.59 Å². The summed E-state index contributed by atoms with van der Waals surface area (Å²) in [5, 5.41) is 12.1. The van der Waals surface area contributed by atoms with Crippen LogP contribution in [0.15, 0.2) is 90.0 Å². The third-order valence-corrected chi connectivity index (χ3v) is 10.8. The van der Waals surface area contributed by atoms with Gasteiger partial charge in [0.05, 0.1) is 11.2 Å². The zero-order chi connectivity index (χ0) is 35.7. The van der Waals surface area contributed by atoms with E-state index in [0.29, 0.717) is 35.1 Å². The highest BCUT2D eigenvalue weighted by molar-refractivity contribution is 5.89. The maximum absolute atomic E-state index is 13.8.